The fraction of sp³-hybridized carbons (Fsp3) is 0.278. The molecule has 1 aromatic carbocycles. The molecule has 6 nitrogen and oxygen atoms in total. The second-order valence-corrected chi connectivity index (χ2v) is 5.85. The Morgan fingerprint density at radius 1 is 1.11 bits per heavy atom. The van der Waals surface area contributed by atoms with Crippen LogP contribution in [-0.2, 0) is 0 Å². The van der Waals surface area contributed by atoms with E-state index in [1.807, 2.05) is 13.8 Å². The molecule has 0 aliphatic rings. The van der Waals surface area contributed by atoms with Crippen LogP contribution in [0.2, 0.25) is 0 Å². The van der Waals surface area contributed by atoms with E-state index < -0.39 is 24.5 Å². The fourth-order valence-corrected chi connectivity index (χ4v) is 2.09. The number of benzene rings is 1. The van der Waals surface area contributed by atoms with Gasteiger partial charge >= 0.3 is 6.18 Å². The van der Waals surface area contributed by atoms with Gasteiger partial charge in [-0.2, -0.15) is 13.2 Å². The molecule has 0 atom stereocenters. The Bertz CT molecular complexity index is 805. The first-order chi connectivity index (χ1) is 12.7. The SMILES string of the molecule is CC(C)Oc1ccc(C(=O)Nc2ccccc2C(=O)NCC(F)(F)F)cn1. The van der Waals surface area contributed by atoms with E-state index >= 15 is 0 Å². The van der Waals surface area contributed by atoms with Crippen LogP contribution in [-0.4, -0.2) is 35.6 Å². The number of nitrogens with one attached hydrogen (secondary N) is 2. The summed E-state index contributed by atoms with van der Waals surface area (Å²) in [6.07, 6.45) is -3.29. The number of alkyl halides is 3. The summed E-state index contributed by atoms with van der Waals surface area (Å²) in [4.78, 5) is 28.3. The molecule has 1 heterocycles. The molecule has 2 aromatic rings. The van der Waals surface area contributed by atoms with Crippen molar-refractivity contribution in [3.05, 3.63) is 53.7 Å². The van der Waals surface area contributed by atoms with Crippen LogP contribution in [0, 0.1) is 0 Å². The first-order valence-electron chi connectivity index (χ1n) is 8.04. The van der Waals surface area contributed by atoms with E-state index in [9.17, 15) is 22.8 Å². The van der Waals surface area contributed by atoms with Gasteiger partial charge in [-0.25, -0.2) is 4.98 Å². The Labute approximate surface area is 153 Å². The number of nitrogens with zero attached hydrogens (tertiary/aromatic N) is 1. The number of halogens is 3. The average Bonchev–Trinajstić information content (AvgIpc) is 2.59. The first kappa shape index (κ1) is 20.2. The number of carbonyl (C=O) groups excluding carboxylic acids is 2. The second-order valence-electron chi connectivity index (χ2n) is 5.85. The molecule has 9 heteroatoms. The van der Waals surface area contributed by atoms with Gasteiger partial charge in [-0.3, -0.25) is 9.59 Å². The summed E-state index contributed by atoms with van der Waals surface area (Å²) < 4.78 is 42.2. The van der Waals surface area contributed by atoms with Crippen molar-refractivity contribution in [1.29, 1.82) is 0 Å². The van der Waals surface area contributed by atoms with E-state index in [1.54, 1.807) is 11.4 Å². The number of para-hydroxylation sites is 1. The van der Waals surface area contributed by atoms with E-state index in [0.717, 1.165) is 0 Å². The summed E-state index contributed by atoms with van der Waals surface area (Å²) in [5.41, 5.74) is 0.212. The quantitative estimate of drug-likeness (QED) is 0.804. The molecule has 2 rings (SSSR count). The molecule has 0 saturated heterocycles. The highest BCUT2D eigenvalue weighted by molar-refractivity contribution is 6.08. The highest BCUT2D eigenvalue weighted by Crippen LogP contribution is 2.18. The lowest BCUT2D eigenvalue weighted by Crippen LogP contribution is -2.34. The Hall–Kier alpha value is -3.10. The Morgan fingerprint density at radius 3 is 2.41 bits per heavy atom. The van der Waals surface area contributed by atoms with Crippen molar-refractivity contribution in [2.24, 2.45) is 0 Å². The first-order valence-corrected chi connectivity index (χ1v) is 8.04. The molecule has 2 amide bonds. The zero-order chi connectivity index (χ0) is 20.0. The predicted molar refractivity (Wildman–Crippen MR) is 92.8 cm³/mol. The number of ether oxygens (including phenoxy) is 1. The number of aromatic nitrogens is 1. The minimum absolute atomic E-state index is 0.0701. The molecule has 0 aliphatic heterocycles. The number of hydrogen-bond donors (Lipinski definition) is 2. The lowest BCUT2D eigenvalue weighted by Gasteiger charge is -2.13. The van der Waals surface area contributed by atoms with Crippen LogP contribution in [0.5, 0.6) is 5.88 Å². The lowest BCUT2D eigenvalue weighted by molar-refractivity contribution is -0.123. The van der Waals surface area contributed by atoms with Crippen molar-refractivity contribution < 1.29 is 27.5 Å². The summed E-state index contributed by atoms with van der Waals surface area (Å²) in [5, 5.41) is 4.28. The molecule has 144 valence electrons. The zero-order valence-electron chi connectivity index (χ0n) is 14.6. The fourth-order valence-electron chi connectivity index (χ4n) is 2.09. The maximum Gasteiger partial charge on any atom is 0.405 e. The number of pyridine rings is 1. The topological polar surface area (TPSA) is 80.3 Å². The Morgan fingerprint density at radius 2 is 1.81 bits per heavy atom. The minimum atomic E-state index is -4.53. The summed E-state index contributed by atoms with van der Waals surface area (Å²) in [6, 6.07) is 8.79. The van der Waals surface area contributed by atoms with Gasteiger partial charge in [0.05, 0.1) is 22.9 Å². The Kier molecular flexibility index (Phi) is 6.38. The third kappa shape index (κ3) is 6.28. The normalized spacial score (nSPS) is 11.2. The van der Waals surface area contributed by atoms with E-state index in [4.69, 9.17) is 4.74 Å². The maximum absolute atomic E-state index is 12.3. The number of anilines is 1. The van der Waals surface area contributed by atoms with Gasteiger partial charge in [0.2, 0.25) is 5.88 Å². The van der Waals surface area contributed by atoms with Gasteiger partial charge in [0.15, 0.2) is 0 Å². The molecule has 27 heavy (non-hydrogen) atoms. The van der Waals surface area contributed by atoms with Gasteiger partial charge in [0.1, 0.15) is 6.54 Å². The van der Waals surface area contributed by atoms with Crippen LogP contribution >= 0.6 is 0 Å². The highest BCUT2D eigenvalue weighted by atomic mass is 19.4. The van der Waals surface area contributed by atoms with E-state index in [0.29, 0.717) is 5.88 Å². The molecule has 0 spiro atoms. The highest BCUT2D eigenvalue weighted by Gasteiger charge is 2.28. The van der Waals surface area contributed by atoms with Crippen molar-refractivity contribution in [2.45, 2.75) is 26.1 Å². The maximum atomic E-state index is 12.3. The number of carbonyl (C=O) groups is 2. The Balaban J connectivity index is 2.10. The third-order valence-corrected chi connectivity index (χ3v) is 3.22. The van der Waals surface area contributed by atoms with Crippen molar-refractivity contribution >= 4 is 17.5 Å². The van der Waals surface area contributed by atoms with Crippen LogP contribution in [0.4, 0.5) is 18.9 Å². The van der Waals surface area contributed by atoms with Crippen LogP contribution in [0.1, 0.15) is 34.6 Å². The average molecular weight is 381 g/mol. The van der Waals surface area contributed by atoms with E-state index in [1.165, 1.54) is 36.5 Å². The van der Waals surface area contributed by atoms with Crippen LogP contribution in [0.15, 0.2) is 42.6 Å². The second kappa shape index (κ2) is 8.52. The largest absolute Gasteiger partial charge is 0.475 e. The van der Waals surface area contributed by atoms with E-state index in [2.05, 4.69) is 10.3 Å². The lowest BCUT2D eigenvalue weighted by atomic mass is 10.1. The van der Waals surface area contributed by atoms with Gasteiger partial charge in [-0.1, -0.05) is 12.1 Å². The predicted octanol–water partition coefficient (Wildman–Crippen LogP) is 3.41. The number of rotatable bonds is 6. The van der Waals surface area contributed by atoms with Gasteiger partial charge in [0.25, 0.3) is 11.8 Å². The molecule has 0 bridgehead atoms. The minimum Gasteiger partial charge on any atom is -0.475 e. The molecular weight excluding hydrogens is 363 g/mol. The van der Waals surface area contributed by atoms with E-state index in [-0.39, 0.29) is 22.9 Å². The molecule has 0 radical (unpaired) electrons. The summed E-state index contributed by atoms with van der Waals surface area (Å²) in [5.74, 6) is -1.15. The van der Waals surface area contributed by atoms with Gasteiger partial charge in [0, 0.05) is 12.3 Å². The van der Waals surface area contributed by atoms with Crippen LogP contribution in [0.25, 0.3) is 0 Å². The number of amides is 2. The zero-order valence-corrected chi connectivity index (χ0v) is 14.6. The van der Waals surface area contributed by atoms with Gasteiger partial charge in [-0.15, -0.1) is 0 Å². The van der Waals surface area contributed by atoms with Crippen molar-refractivity contribution in [1.82, 2.24) is 10.3 Å². The van der Waals surface area contributed by atoms with Crippen LogP contribution < -0.4 is 15.4 Å². The summed E-state index contributed by atoms with van der Waals surface area (Å²) >= 11 is 0. The molecule has 2 N–H and O–H groups in total. The number of hydrogen-bond acceptors (Lipinski definition) is 4. The summed E-state index contributed by atoms with van der Waals surface area (Å²) in [6.45, 7) is 2.21. The molecule has 1 aromatic heterocycles. The monoisotopic (exact) mass is 381 g/mol. The van der Waals surface area contributed by atoms with Gasteiger partial charge in [-0.05, 0) is 32.0 Å². The third-order valence-electron chi connectivity index (χ3n) is 3.22. The summed E-state index contributed by atoms with van der Waals surface area (Å²) in [7, 11) is 0. The molecule has 0 saturated carbocycles. The molecule has 0 aliphatic carbocycles. The smallest absolute Gasteiger partial charge is 0.405 e. The standard InChI is InChI=1S/C18H18F3N3O3/c1-11(2)27-15-8-7-12(9-22-15)16(25)24-14-6-4-3-5-13(14)17(26)23-10-18(19,20)21/h3-9,11H,10H2,1-2H3,(H,23,26)(H,24,25). The van der Waals surface area contributed by atoms with Crippen molar-refractivity contribution in [2.75, 3.05) is 11.9 Å². The molecule has 0 fully saturated rings. The molecular formula is C18H18F3N3O3. The van der Waals surface area contributed by atoms with Crippen LogP contribution in [0.3, 0.4) is 0 Å². The van der Waals surface area contributed by atoms with Crippen molar-refractivity contribution in [3.8, 4) is 5.88 Å². The van der Waals surface area contributed by atoms with Crippen molar-refractivity contribution in [3.63, 3.8) is 0 Å². The van der Waals surface area contributed by atoms with Gasteiger partial charge < -0.3 is 15.4 Å². The molecule has 0 unspecified atom stereocenters.